The number of nitro benzene ring substituents is 1. The number of nitrogens with zero attached hydrogens (tertiary/aromatic N) is 5. The first kappa shape index (κ1) is 24.1. The Labute approximate surface area is 204 Å². The third-order valence-electron chi connectivity index (χ3n) is 5.50. The van der Waals surface area contributed by atoms with Crippen molar-refractivity contribution in [3.05, 3.63) is 115 Å². The molecule has 2 aromatic heterocycles. The van der Waals surface area contributed by atoms with Crippen LogP contribution in [-0.4, -0.2) is 31.1 Å². The quantitative estimate of drug-likeness (QED) is 0.265. The molecule has 0 saturated carbocycles. The maximum Gasteiger partial charge on any atom is 0.355 e. The van der Waals surface area contributed by atoms with Gasteiger partial charge in [0.2, 0.25) is 5.95 Å². The predicted octanol–water partition coefficient (Wildman–Crippen LogP) is 2.01. The predicted molar refractivity (Wildman–Crippen MR) is 133 cm³/mol. The smallest absolute Gasteiger partial charge is 0.355 e. The van der Waals surface area contributed by atoms with E-state index in [4.69, 9.17) is 10.5 Å². The van der Waals surface area contributed by atoms with Crippen molar-refractivity contribution in [2.75, 3.05) is 18.2 Å². The molecule has 0 aliphatic carbocycles. The molecule has 2 aromatic carbocycles. The van der Waals surface area contributed by atoms with Crippen LogP contribution < -0.4 is 27.2 Å². The molecule has 0 aliphatic rings. The second kappa shape index (κ2) is 10.5. The molecular formula is C24H23N7O5. The maximum atomic E-state index is 13.5. The van der Waals surface area contributed by atoms with Gasteiger partial charge in [-0.05, 0) is 29.3 Å². The summed E-state index contributed by atoms with van der Waals surface area (Å²) in [7, 11) is 1.56. The molecule has 0 aliphatic heterocycles. The monoisotopic (exact) mass is 489 g/mol. The van der Waals surface area contributed by atoms with E-state index in [1.807, 2.05) is 0 Å². The number of aromatic nitrogens is 4. The molecule has 0 fully saturated rings. The molecular weight excluding hydrogens is 466 g/mol. The number of methoxy groups -OCH3 is 1. The van der Waals surface area contributed by atoms with Crippen molar-refractivity contribution < 1.29 is 9.66 Å². The second-order valence-electron chi connectivity index (χ2n) is 7.85. The van der Waals surface area contributed by atoms with Gasteiger partial charge in [0.1, 0.15) is 11.6 Å². The van der Waals surface area contributed by atoms with Crippen LogP contribution in [0.1, 0.15) is 16.7 Å². The minimum absolute atomic E-state index is 0.0732. The van der Waals surface area contributed by atoms with Gasteiger partial charge in [0, 0.05) is 30.4 Å². The molecule has 184 valence electrons. The minimum atomic E-state index is -0.758. The Hall–Kier alpha value is -5.00. The molecule has 4 rings (SSSR count). The average Bonchev–Trinajstić information content (AvgIpc) is 2.88. The summed E-state index contributed by atoms with van der Waals surface area (Å²) in [6.07, 6.45) is 1.57. The average molecular weight is 489 g/mol. The zero-order valence-electron chi connectivity index (χ0n) is 19.3. The van der Waals surface area contributed by atoms with Crippen LogP contribution in [0.5, 0.6) is 5.75 Å². The Bertz CT molecular complexity index is 1500. The first-order valence-electron chi connectivity index (χ1n) is 10.9. The van der Waals surface area contributed by atoms with Crippen molar-refractivity contribution in [1.29, 1.82) is 0 Å². The van der Waals surface area contributed by atoms with E-state index >= 15 is 0 Å². The number of hydrogen-bond donors (Lipinski definition) is 2. The number of pyridine rings is 1. The van der Waals surface area contributed by atoms with E-state index in [1.165, 1.54) is 28.8 Å². The Morgan fingerprint density at radius 2 is 1.64 bits per heavy atom. The molecule has 4 aromatic rings. The fraction of sp³-hybridized carbons (Fsp3) is 0.167. The number of nitrogens with one attached hydrogen (secondary N) is 1. The summed E-state index contributed by atoms with van der Waals surface area (Å²) in [5.74, 6) is 1.06. The van der Waals surface area contributed by atoms with Crippen molar-refractivity contribution in [3.63, 3.8) is 0 Å². The molecule has 12 nitrogen and oxygen atoms in total. The number of nitro groups is 1. The van der Waals surface area contributed by atoms with Crippen molar-refractivity contribution in [1.82, 2.24) is 19.1 Å². The Balaban J connectivity index is 1.71. The van der Waals surface area contributed by atoms with Crippen molar-refractivity contribution in [2.24, 2.45) is 0 Å². The Morgan fingerprint density at radius 1 is 1.00 bits per heavy atom. The van der Waals surface area contributed by atoms with Crippen LogP contribution in [0.2, 0.25) is 0 Å². The molecule has 0 unspecified atom stereocenters. The molecule has 3 N–H and O–H groups in total. The van der Waals surface area contributed by atoms with E-state index in [2.05, 4.69) is 15.3 Å². The van der Waals surface area contributed by atoms with Crippen molar-refractivity contribution >= 4 is 17.5 Å². The number of anilines is 2. The number of non-ortho nitro benzene ring substituents is 1. The van der Waals surface area contributed by atoms with Gasteiger partial charge in [-0.25, -0.2) is 19.1 Å². The normalized spacial score (nSPS) is 10.7. The van der Waals surface area contributed by atoms with Crippen LogP contribution in [0.25, 0.3) is 0 Å². The van der Waals surface area contributed by atoms with Crippen LogP contribution in [0.15, 0.2) is 76.4 Å². The number of hydrogen-bond acceptors (Lipinski definition) is 9. The topological polar surface area (TPSA) is 160 Å². The minimum Gasteiger partial charge on any atom is -0.497 e. The maximum absolute atomic E-state index is 13.5. The number of benzene rings is 2. The molecule has 2 heterocycles. The van der Waals surface area contributed by atoms with E-state index in [0.29, 0.717) is 22.7 Å². The number of ether oxygens (including phenoxy) is 1. The lowest BCUT2D eigenvalue weighted by Crippen LogP contribution is -2.43. The van der Waals surface area contributed by atoms with Gasteiger partial charge in [-0.15, -0.1) is 0 Å². The van der Waals surface area contributed by atoms with Gasteiger partial charge in [-0.2, -0.15) is 4.98 Å². The molecule has 0 amide bonds. The van der Waals surface area contributed by atoms with Gasteiger partial charge in [0.05, 0.1) is 25.1 Å². The highest BCUT2D eigenvalue weighted by Crippen LogP contribution is 2.15. The first-order valence-corrected chi connectivity index (χ1v) is 10.9. The number of nitrogen functional groups attached to an aromatic ring is 1. The van der Waals surface area contributed by atoms with Crippen LogP contribution in [0.3, 0.4) is 0 Å². The van der Waals surface area contributed by atoms with Gasteiger partial charge in [0.25, 0.3) is 5.69 Å². The summed E-state index contributed by atoms with van der Waals surface area (Å²) in [5.41, 5.74) is 6.48. The molecule has 0 atom stereocenters. The third kappa shape index (κ3) is 5.38. The largest absolute Gasteiger partial charge is 0.497 e. The number of rotatable bonds is 9. The van der Waals surface area contributed by atoms with E-state index in [0.717, 1.165) is 10.1 Å². The van der Waals surface area contributed by atoms with E-state index in [9.17, 15) is 19.7 Å². The van der Waals surface area contributed by atoms with Gasteiger partial charge in [-0.1, -0.05) is 30.3 Å². The van der Waals surface area contributed by atoms with E-state index < -0.39 is 16.3 Å². The molecule has 12 heteroatoms. The molecule has 0 radical (unpaired) electrons. The van der Waals surface area contributed by atoms with Crippen LogP contribution in [-0.2, 0) is 19.6 Å². The standard InChI is InChI=1S/C24H23N7O5/c1-36-20-10-6-17(7-11-20)14-29-22(27-13-18-3-2-12-26-21(18)25)28-23(32)30(24(29)33)15-16-4-8-19(9-5-16)31(34)35/h2-12H,13-15H2,1H3,(H2,25,26)(H,27,28,32). The lowest BCUT2D eigenvalue weighted by molar-refractivity contribution is -0.384. The Kier molecular flexibility index (Phi) is 7.04. The van der Waals surface area contributed by atoms with Gasteiger partial charge in [0.15, 0.2) is 0 Å². The van der Waals surface area contributed by atoms with Gasteiger partial charge >= 0.3 is 11.4 Å². The lowest BCUT2D eigenvalue weighted by Gasteiger charge is -2.16. The summed E-state index contributed by atoms with van der Waals surface area (Å²) in [4.78, 5) is 44.9. The summed E-state index contributed by atoms with van der Waals surface area (Å²) in [5, 5.41) is 13.9. The zero-order valence-corrected chi connectivity index (χ0v) is 19.3. The van der Waals surface area contributed by atoms with Crippen molar-refractivity contribution in [3.8, 4) is 5.75 Å². The van der Waals surface area contributed by atoms with Gasteiger partial charge < -0.3 is 15.8 Å². The highest BCUT2D eigenvalue weighted by molar-refractivity contribution is 5.41. The fourth-order valence-corrected chi connectivity index (χ4v) is 3.54. The van der Waals surface area contributed by atoms with Gasteiger partial charge in [-0.3, -0.25) is 14.7 Å². The molecule has 0 spiro atoms. The van der Waals surface area contributed by atoms with E-state index in [1.54, 1.807) is 49.7 Å². The second-order valence-corrected chi connectivity index (χ2v) is 7.85. The highest BCUT2D eigenvalue weighted by atomic mass is 16.6. The van der Waals surface area contributed by atoms with Crippen LogP contribution >= 0.6 is 0 Å². The molecule has 0 bridgehead atoms. The lowest BCUT2D eigenvalue weighted by atomic mass is 10.2. The van der Waals surface area contributed by atoms with Crippen LogP contribution in [0, 0.1) is 10.1 Å². The first-order chi connectivity index (χ1) is 17.4. The van der Waals surface area contributed by atoms with E-state index in [-0.39, 0.29) is 31.3 Å². The highest BCUT2D eigenvalue weighted by Gasteiger charge is 2.15. The fourth-order valence-electron chi connectivity index (χ4n) is 3.54. The summed E-state index contributed by atoms with van der Waals surface area (Å²) in [6.45, 7) is 0.225. The zero-order chi connectivity index (χ0) is 25.7. The molecule has 36 heavy (non-hydrogen) atoms. The summed E-state index contributed by atoms with van der Waals surface area (Å²) >= 11 is 0. The van der Waals surface area contributed by atoms with Crippen molar-refractivity contribution in [2.45, 2.75) is 19.6 Å². The third-order valence-corrected chi connectivity index (χ3v) is 5.50. The summed E-state index contributed by atoms with van der Waals surface area (Å²) < 4.78 is 7.52. The SMILES string of the molecule is COc1ccc(Cn2c(NCc3cccnc3N)nc(=O)n(Cc3ccc([N+](=O)[O-])cc3)c2=O)cc1. The molecule has 0 saturated heterocycles. The Morgan fingerprint density at radius 3 is 2.25 bits per heavy atom. The van der Waals surface area contributed by atoms with Crippen LogP contribution in [0.4, 0.5) is 17.5 Å². The number of nitrogens with two attached hydrogens (primary N) is 1. The summed E-state index contributed by atoms with van der Waals surface area (Å²) in [6, 6.07) is 16.3.